The number of rotatable bonds is 7. The van der Waals surface area contributed by atoms with E-state index in [0.717, 1.165) is 16.5 Å². The standard InChI is InChI=1S/C15H20N2O2/c1-16-15(11-19-8-7-18-2)13-9-12-5-3-4-6-14(12)17-10-13/h3-6,9-10,15-16H,7-8,11H2,1-2H3. The van der Waals surface area contributed by atoms with Crippen molar-refractivity contribution in [2.24, 2.45) is 0 Å². The summed E-state index contributed by atoms with van der Waals surface area (Å²) in [6.45, 7) is 1.84. The van der Waals surface area contributed by atoms with Gasteiger partial charge in [0.2, 0.25) is 0 Å². The third kappa shape index (κ3) is 3.73. The van der Waals surface area contributed by atoms with Crippen molar-refractivity contribution in [1.29, 1.82) is 0 Å². The van der Waals surface area contributed by atoms with E-state index in [4.69, 9.17) is 9.47 Å². The molecular formula is C15H20N2O2. The first-order valence-corrected chi connectivity index (χ1v) is 6.44. The lowest BCUT2D eigenvalue weighted by molar-refractivity contribution is 0.0596. The summed E-state index contributed by atoms with van der Waals surface area (Å²) < 4.78 is 10.5. The Morgan fingerprint density at radius 2 is 2.11 bits per heavy atom. The summed E-state index contributed by atoms with van der Waals surface area (Å²) in [4.78, 5) is 4.47. The van der Waals surface area contributed by atoms with Gasteiger partial charge in [-0.2, -0.15) is 0 Å². The van der Waals surface area contributed by atoms with Crippen molar-refractivity contribution in [2.75, 3.05) is 34.0 Å². The van der Waals surface area contributed by atoms with Crippen molar-refractivity contribution in [3.05, 3.63) is 42.1 Å². The van der Waals surface area contributed by atoms with Gasteiger partial charge in [0.1, 0.15) is 0 Å². The van der Waals surface area contributed by atoms with Gasteiger partial charge in [-0.05, 0) is 24.7 Å². The molecule has 102 valence electrons. The summed E-state index contributed by atoms with van der Waals surface area (Å²) in [5.41, 5.74) is 2.15. The van der Waals surface area contributed by atoms with Gasteiger partial charge in [-0.3, -0.25) is 4.98 Å². The normalized spacial score (nSPS) is 12.7. The minimum absolute atomic E-state index is 0.147. The van der Waals surface area contributed by atoms with Gasteiger partial charge in [0.05, 0.1) is 31.4 Å². The number of methoxy groups -OCH3 is 1. The summed E-state index contributed by atoms with van der Waals surface area (Å²) in [5.74, 6) is 0. The van der Waals surface area contributed by atoms with Gasteiger partial charge in [0.15, 0.2) is 0 Å². The smallest absolute Gasteiger partial charge is 0.0702 e. The zero-order chi connectivity index (χ0) is 13.5. The highest BCUT2D eigenvalue weighted by molar-refractivity contribution is 5.78. The quantitative estimate of drug-likeness (QED) is 0.775. The molecule has 2 rings (SSSR count). The van der Waals surface area contributed by atoms with Crippen LogP contribution in [0.5, 0.6) is 0 Å². The van der Waals surface area contributed by atoms with Crippen molar-refractivity contribution in [3.8, 4) is 0 Å². The minimum Gasteiger partial charge on any atom is -0.382 e. The lowest BCUT2D eigenvalue weighted by atomic mass is 10.1. The fourth-order valence-electron chi connectivity index (χ4n) is 1.97. The van der Waals surface area contributed by atoms with E-state index in [1.165, 1.54) is 0 Å². The molecule has 0 saturated carbocycles. The van der Waals surface area contributed by atoms with Crippen LogP contribution in [-0.4, -0.2) is 39.0 Å². The Labute approximate surface area is 113 Å². The van der Waals surface area contributed by atoms with Crippen LogP contribution in [0.1, 0.15) is 11.6 Å². The summed E-state index contributed by atoms with van der Waals surface area (Å²) >= 11 is 0. The average molecular weight is 260 g/mol. The Morgan fingerprint density at radius 3 is 2.89 bits per heavy atom. The Balaban J connectivity index is 2.07. The first-order chi connectivity index (χ1) is 9.35. The molecule has 1 unspecified atom stereocenters. The maximum absolute atomic E-state index is 5.58. The second-order valence-corrected chi connectivity index (χ2v) is 4.37. The minimum atomic E-state index is 0.147. The number of hydrogen-bond acceptors (Lipinski definition) is 4. The molecule has 0 fully saturated rings. The van der Waals surface area contributed by atoms with E-state index in [-0.39, 0.29) is 6.04 Å². The van der Waals surface area contributed by atoms with E-state index in [1.54, 1.807) is 7.11 Å². The second-order valence-electron chi connectivity index (χ2n) is 4.37. The molecule has 0 saturated heterocycles. The molecule has 4 nitrogen and oxygen atoms in total. The summed E-state index contributed by atoms with van der Waals surface area (Å²) in [7, 11) is 3.60. The highest BCUT2D eigenvalue weighted by Crippen LogP contribution is 2.18. The zero-order valence-corrected chi connectivity index (χ0v) is 11.4. The van der Waals surface area contributed by atoms with Crippen molar-refractivity contribution >= 4 is 10.9 Å². The highest BCUT2D eigenvalue weighted by Gasteiger charge is 2.10. The largest absolute Gasteiger partial charge is 0.382 e. The molecule has 19 heavy (non-hydrogen) atoms. The van der Waals surface area contributed by atoms with Crippen LogP contribution in [0, 0.1) is 0 Å². The van der Waals surface area contributed by atoms with Crippen molar-refractivity contribution < 1.29 is 9.47 Å². The molecule has 2 aromatic rings. The summed E-state index contributed by atoms with van der Waals surface area (Å²) in [6, 6.07) is 10.4. The summed E-state index contributed by atoms with van der Waals surface area (Å²) in [5, 5.41) is 4.40. The average Bonchev–Trinajstić information content (AvgIpc) is 2.47. The van der Waals surface area contributed by atoms with E-state index in [9.17, 15) is 0 Å². The van der Waals surface area contributed by atoms with Gasteiger partial charge in [-0.25, -0.2) is 0 Å². The molecule has 1 aromatic heterocycles. The SMILES string of the molecule is CNC(COCCOC)c1cnc2ccccc2c1. The topological polar surface area (TPSA) is 43.4 Å². The molecule has 0 radical (unpaired) electrons. The van der Waals surface area contributed by atoms with E-state index in [0.29, 0.717) is 19.8 Å². The van der Waals surface area contributed by atoms with Gasteiger partial charge in [-0.15, -0.1) is 0 Å². The van der Waals surface area contributed by atoms with Gasteiger partial charge in [0.25, 0.3) is 0 Å². The second kappa shape index (κ2) is 7.19. The van der Waals surface area contributed by atoms with Crippen molar-refractivity contribution in [1.82, 2.24) is 10.3 Å². The van der Waals surface area contributed by atoms with E-state index < -0.39 is 0 Å². The van der Waals surface area contributed by atoms with Gasteiger partial charge >= 0.3 is 0 Å². The van der Waals surface area contributed by atoms with Crippen LogP contribution in [0.2, 0.25) is 0 Å². The number of benzene rings is 1. The number of pyridine rings is 1. The Hall–Kier alpha value is -1.49. The third-order valence-electron chi connectivity index (χ3n) is 3.08. The Morgan fingerprint density at radius 1 is 1.26 bits per heavy atom. The lowest BCUT2D eigenvalue weighted by Gasteiger charge is -2.17. The van der Waals surface area contributed by atoms with E-state index in [1.807, 2.05) is 31.4 Å². The fraction of sp³-hybridized carbons (Fsp3) is 0.400. The maximum atomic E-state index is 5.58. The van der Waals surface area contributed by atoms with Crippen LogP contribution >= 0.6 is 0 Å². The molecule has 1 heterocycles. The maximum Gasteiger partial charge on any atom is 0.0702 e. The zero-order valence-electron chi connectivity index (χ0n) is 11.4. The van der Waals surface area contributed by atoms with E-state index >= 15 is 0 Å². The molecular weight excluding hydrogens is 240 g/mol. The third-order valence-corrected chi connectivity index (χ3v) is 3.08. The first kappa shape index (κ1) is 13.9. The van der Waals surface area contributed by atoms with Gasteiger partial charge in [0, 0.05) is 18.7 Å². The molecule has 0 bridgehead atoms. The number of likely N-dealkylation sites (N-methyl/N-ethyl adjacent to an activating group) is 1. The van der Waals surface area contributed by atoms with Crippen LogP contribution in [0.15, 0.2) is 36.5 Å². The number of para-hydroxylation sites is 1. The van der Waals surface area contributed by atoms with Crippen LogP contribution < -0.4 is 5.32 Å². The van der Waals surface area contributed by atoms with Crippen LogP contribution in [-0.2, 0) is 9.47 Å². The van der Waals surface area contributed by atoms with Gasteiger partial charge < -0.3 is 14.8 Å². The van der Waals surface area contributed by atoms with Crippen molar-refractivity contribution in [3.63, 3.8) is 0 Å². The van der Waals surface area contributed by atoms with Crippen molar-refractivity contribution in [2.45, 2.75) is 6.04 Å². The molecule has 1 atom stereocenters. The number of hydrogen-bond donors (Lipinski definition) is 1. The number of ether oxygens (including phenoxy) is 2. The van der Waals surface area contributed by atoms with Crippen LogP contribution in [0.4, 0.5) is 0 Å². The number of aromatic nitrogens is 1. The van der Waals surface area contributed by atoms with Crippen LogP contribution in [0.25, 0.3) is 10.9 Å². The van der Waals surface area contributed by atoms with E-state index in [2.05, 4.69) is 22.4 Å². The Bertz CT molecular complexity index is 516. The first-order valence-electron chi connectivity index (χ1n) is 6.44. The molecule has 4 heteroatoms. The molecule has 0 aliphatic heterocycles. The predicted octanol–water partition coefficient (Wildman–Crippen LogP) is 2.16. The molecule has 1 aromatic carbocycles. The number of nitrogens with zero attached hydrogens (tertiary/aromatic N) is 1. The molecule has 0 aliphatic rings. The monoisotopic (exact) mass is 260 g/mol. The lowest BCUT2D eigenvalue weighted by Crippen LogP contribution is -2.22. The molecule has 0 spiro atoms. The molecule has 0 amide bonds. The number of nitrogens with one attached hydrogen (secondary N) is 1. The Kier molecular flexibility index (Phi) is 5.27. The molecule has 1 N–H and O–H groups in total. The van der Waals surface area contributed by atoms with Crippen LogP contribution in [0.3, 0.4) is 0 Å². The number of fused-ring (bicyclic) bond motifs is 1. The molecule has 0 aliphatic carbocycles. The highest BCUT2D eigenvalue weighted by atomic mass is 16.5. The fourth-order valence-corrected chi connectivity index (χ4v) is 1.97. The summed E-state index contributed by atoms with van der Waals surface area (Å²) in [6.07, 6.45) is 1.91. The predicted molar refractivity (Wildman–Crippen MR) is 76.2 cm³/mol. The van der Waals surface area contributed by atoms with Gasteiger partial charge in [-0.1, -0.05) is 18.2 Å².